The first-order valence-electron chi connectivity index (χ1n) is 6.36. The first-order valence-corrected chi connectivity index (χ1v) is 6.36. The summed E-state index contributed by atoms with van der Waals surface area (Å²) in [6.07, 6.45) is 2.93. The fourth-order valence-electron chi connectivity index (χ4n) is 1.74. The normalized spacial score (nSPS) is 10.6. The number of nitrogens with one attached hydrogen (secondary N) is 1. The van der Waals surface area contributed by atoms with Gasteiger partial charge in [-0.15, -0.1) is 0 Å². The number of ether oxygens (including phenoxy) is 1. The van der Waals surface area contributed by atoms with Gasteiger partial charge in [-0.25, -0.2) is 4.79 Å². The summed E-state index contributed by atoms with van der Waals surface area (Å²) in [6, 6.07) is 4.79. The number of carbonyl (C=O) groups excluding carboxylic acids is 2. The summed E-state index contributed by atoms with van der Waals surface area (Å²) < 4.78 is 15.1. The minimum absolute atomic E-state index is 0.142. The summed E-state index contributed by atoms with van der Waals surface area (Å²) in [4.78, 5) is 29.7. The molecule has 0 saturated heterocycles. The Morgan fingerprint density at radius 3 is 2.95 bits per heavy atom. The molecule has 0 bridgehead atoms. The summed E-state index contributed by atoms with van der Waals surface area (Å²) >= 11 is 0. The van der Waals surface area contributed by atoms with Gasteiger partial charge in [-0.05, 0) is 25.1 Å². The molecule has 3 aromatic heterocycles. The van der Waals surface area contributed by atoms with Gasteiger partial charge < -0.3 is 18.7 Å². The third kappa shape index (κ3) is 2.80. The lowest BCUT2D eigenvalue weighted by atomic mass is 10.2. The number of ketones is 1. The van der Waals surface area contributed by atoms with Gasteiger partial charge in [0.15, 0.2) is 18.2 Å². The van der Waals surface area contributed by atoms with E-state index in [1.807, 2.05) is 0 Å². The predicted molar refractivity (Wildman–Crippen MR) is 71.9 cm³/mol. The number of Topliss-reactive ketones (excluding diaryl/α,β-unsaturated/α-hetero) is 1. The average Bonchev–Trinajstić information content (AvgIpc) is 3.23. The first kappa shape index (κ1) is 13.8. The largest absolute Gasteiger partial charge is 0.459 e. The van der Waals surface area contributed by atoms with Gasteiger partial charge in [0.2, 0.25) is 5.82 Å². The highest BCUT2D eigenvalue weighted by molar-refractivity contribution is 5.97. The van der Waals surface area contributed by atoms with Crippen LogP contribution in [0.25, 0.3) is 11.7 Å². The van der Waals surface area contributed by atoms with Gasteiger partial charge in [0.1, 0.15) is 5.69 Å². The summed E-state index contributed by atoms with van der Waals surface area (Å²) in [5.74, 6) is 0.0850. The number of hydrogen-bond acceptors (Lipinski definition) is 7. The van der Waals surface area contributed by atoms with Crippen molar-refractivity contribution in [1.82, 2.24) is 15.1 Å². The van der Waals surface area contributed by atoms with E-state index >= 15 is 0 Å². The molecule has 0 aromatic carbocycles. The van der Waals surface area contributed by atoms with Crippen LogP contribution in [0.5, 0.6) is 0 Å². The van der Waals surface area contributed by atoms with Gasteiger partial charge in [-0.1, -0.05) is 5.16 Å². The van der Waals surface area contributed by atoms with Crippen molar-refractivity contribution < 1.29 is 23.3 Å². The molecule has 8 heteroatoms. The van der Waals surface area contributed by atoms with E-state index in [1.54, 1.807) is 12.1 Å². The average molecular weight is 301 g/mol. The lowest BCUT2D eigenvalue weighted by Gasteiger charge is -1.98. The third-order valence-electron chi connectivity index (χ3n) is 2.84. The van der Waals surface area contributed by atoms with E-state index in [-0.39, 0.29) is 29.8 Å². The fraction of sp³-hybridized carbons (Fsp3) is 0.143. The molecule has 0 saturated carbocycles. The van der Waals surface area contributed by atoms with Crippen LogP contribution in [0.2, 0.25) is 0 Å². The summed E-state index contributed by atoms with van der Waals surface area (Å²) in [6.45, 7) is 1.26. The van der Waals surface area contributed by atoms with Crippen molar-refractivity contribution in [3.63, 3.8) is 0 Å². The maximum absolute atomic E-state index is 11.8. The summed E-state index contributed by atoms with van der Waals surface area (Å²) in [5.41, 5.74) is 0.589. The number of H-pyrrole nitrogens is 1. The number of rotatable bonds is 5. The fourth-order valence-corrected chi connectivity index (χ4v) is 1.74. The Balaban J connectivity index is 1.62. The number of nitrogens with zero attached hydrogens (tertiary/aromatic N) is 2. The molecule has 0 unspecified atom stereocenters. The van der Waals surface area contributed by atoms with Crippen LogP contribution in [0.15, 0.2) is 39.6 Å². The van der Waals surface area contributed by atoms with Crippen LogP contribution in [0.4, 0.5) is 0 Å². The zero-order valence-electron chi connectivity index (χ0n) is 11.5. The predicted octanol–water partition coefficient (Wildman–Crippen LogP) is 2.22. The Morgan fingerprint density at radius 1 is 1.41 bits per heavy atom. The molecular formula is C14H11N3O5. The van der Waals surface area contributed by atoms with Crippen LogP contribution in [0.3, 0.4) is 0 Å². The molecule has 0 aliphatic heterocycles. The molecule has 0 fully saturated rings. The quantitative estimate of drug-likeness (QED) is 0.568. The van der Waals surface area contributed by atoms with Crippen LogP contribution in [0, 0.1) is 0 Å². The third-order valence-corrected chi connectivity index (χ3v) is 2.84. The second kappa shape index (κ2) is 5.68. The second-order valence-electron chi connectivity index (χ2n) is 4.43. The highest BCUT2D eigenvalue weighted by Gasteiger charge is 2.15. The zero-order chi connectivity index (χ0) is 15.5. The number of aromatic nitrogens is 3. The standard InChI is InChI=1S/C14H11N3O5/c1-8(18)9-5-10(15-6-9)14(19)21-7-12-16-13(22-17-12)11-3-2-4-20-11/h2-6,15H,7H2,1H3. The number of carbonyl (C=O) groups is 2. The van der Waals surface area contributed by atoms with Crippen LogP contribution in [-0.2, 0) is 11.3 Å². The molecule has 22 heavy (non-hydrogen) atoms. The van der Waals surface area contributed by atoms with Gasteiger partial charge >= 0.3 is 5.97 Å². The van der Waals surface area contributed by atoms with E-state index in [0.717, 1.165) is 0 Å². The lowest BCUT2D eigenvalue weighted by molar-refractivity contribution is 0.0453. The van der Waals surface area contributed by atoms with Crippen molar-refractivity contribution in [2.75, 3.05) is 0 Å². The van der Waals surface area contributed by atoms with Gasteiger partial charge in [0.25, 0.3) is 5.89 Å². The molecule has 0 radical (unpaired) electrons. The van der Waals surface area contributed by atoms with Crippen molar-refractivity contribution in [3.8, 4) is 11.7 Å². The SMILES string of the molecule is CC(=O)c1c[nH]c(C(=O)OCc2noc(-c3ccco3)n2)c1. The number of furan rings is 1. The number of esters is 1. The smallest absolute Gasteiger partial charge is 0.355 e. The minimum Gasteiger partial charge on any atom is -0.459 e. The maximum Gasteiger partial charge on any atom is 0.355 e. The van der Waals surface area contributed by atoms with Crippen LogP contribution < -0.4 is 0 Å². The van der Waals surface area contributed by atoms with Crippen molar-refractivity contribution in [1.29, 1.82) is 0 Å². The Kier molecular flexibility index (Phi) is 3.57. The first-order chi connectivity index (χ1) is 10.6. The van der Waals surface area contributed by atoms with E-state index < -0.39 is 5.97 Å². The second-order valence-corrected chi connectivity index (χ2v) is 4.43. The van der Waals surface area contributed by atoms with Crippen LogP contribution in [0.1, 0.15) is 33.6 Å². The van der Waals surface area contributed by atoms with E-state index in [2.05, 4.69) is 15.1 Å². The molecule has 0 atom stereocenters. The molecule has 0 aliphatic carbocycles. The topological polar surface area (TPSA) is 111 Å². The van der Waals surface area contributed by atoms with Crippen molar-refractivity contribution >= 4 is 11.8 Å². The van der Waals surface area contributed by atoms with Gasteiger partial charge in [-0.3, -0.25) is 4.79 Å². The van der Waals surface area contributed by atoms with Crippen LogP contribution in [-0.4, -0.2) is 26.9 Å². The number of aromatic amines is 1. The zero-order valence-corrected chi connectivity index (χ0v) is 11.5. The monoisotopic (exact) mass is 301 g/mol. The van der Waals surface area contributed by atoms with Gasteiger partial charge in [-0.2, -0.15) is 4.98 Å². The summed E-state index contributed by atoms with van der Waals surface area (Å²) in [7, 11) is 0. The van der Waals surface area contributed by atoms with E-state index in [1.165, 1.54) is 25.5 Å². The van der Waals surface area contributed by atoms with Gasteiger partial charge in [0, 0.05) is 11.8 Å². The molecule has 0 spiro atoms. The van der Waals surface area contributed by atoms with Crippen molar-refractivity contribution in [2.45, 2.75) is 13.5 Å². The molecule has 1 N–H and O–H groups in total. The highest BCUT2D eigenvalue weighted by atomic mass is 16.5. The molecule has 3 heterocycles. The molecule has 8 nitrogen and oxygen atoms in total. The van der Waals surface area contributed by atoms with E-state index in [0.29, 0.717) is 11.3 Å². The molecule has 3 rings (SSSR count). The molecule has 3 aromatic rings. The Bertz CT molecular complexity index is 800. The Hall–Kier alpha value is -3.16. The van der Waals surface area contributed by atoms with Crippen molar-refractivity contribution in [2.24, 2.45) is 0 Å². The molecular weight excluding hydrogens is 290 g/mol. The van der Waals surface area contributed by atoms with E-state index in [9.17, 15) is 9.59 Å². The van der Waals surface area contributed by atoms with Crippen molar-refractivity contribution in [3.05, 3.63) is 47.7 Å². The maximum atomic E-state index is 11.8. The van der Waals surface area contributed by atoms with Crippen LogP contribution >= 0.6 is 0 Å². The Labute approximate surface area is 124 Å². The molecule has 0 amide bonds. The van der Waals surface area contributed by atoms with E-state index in [4.69, 9.17) is 13.7 Å². The molecule has 0 aliphatic rings. The highest BCUT2D eigenvalue weighted by Crippen LogP contribution is 2.17. The number of hydrogen-bond donors (Lipinski definition) is 1. The van der Waals surface area contributed by atoms with Gasteiger partial charge in [0.05, 0.1) is 6.26 Å². The summed E-state index contributed by atoms with van der Waals surface area (Å²) in [5, 5.41) is 3.68. The Morgan fingerprint density at radius 2 is 2.27 bits per heavy atom. The molecule has 112 valence electrons. The minimum atomic E-state index is -0.614. The lowest BCUT2D eigenvalue weighted by Crippen LogP contribution is -2.06.